The highest BCUT2D eigenvalue weighted by Crippen LogP contribution is 2.18. The van der Waals surface area contributed by atoms with E-state index in [9.17, 15) is 0 Å². The Labute approximate surface area is 118 Å². The molecule has 20 heavy (non-hydrogen) atoms. The molecule has 2 aromatic carbocycles. The molecule has 0 aliphatic heterocycles. The Morgan fingerprint density at radius 2 is 1.80 bits per heavy atom. The molecule has 0 amide bonds. The summed E-state index contributed by atoms with van der Waals surface area (Å²) in [5.74, 6) is 6.54. The monoisotopic (exact) mass is 262 g/mol. The number of hydrogen-bond acceptors (Lipinski definition) is 3. The summed E-state index contributed by atoms with van der Waals surface area (Å²) in [7, 11) is 0. The molecule has 0 unspecified atom stereocenters. The number of nitriles is 1. The number of para-hydroxylation sites is 1. The van der Waals surface area contributed by atoms with Crippen molar-refractivity contribution in [1.82, 2.24) is 0 Å². The van der Waals surface area contributed by atoms with Gasteiger partial charge in [0.25, 0.3) is 0 Å². The van der Waals surface area contributed by atoms with Crippen LogP contribution in [0.5, 0.6) is 5.75 Å². The lowest BCUT2D eigenvalue weighted by atomic mass is 10.1. The number of hydrogen-bond donors (Lipinski definition) is 1. The third-order valence-electron chi connectivity index (χ3n) is 2.69. The van der Waals surface area contributed by atoms with Crippen LogP contribution >= 0.6 is 0 Å². The van der Waals surface area contributed by atoms with Crippen LogP contribution in [-0.4, -0.2) is 6.54 Å². The number of rotatable bonds is 3. The van der Waals surface area contributed by atoms with Crippen LogP contribution in [0.2, 0.25) is 0 Å². The predicted octanol–water partition coefficient (Wildman–Crippen LogP) is 2.45. The highest BCUT2D eigenvalue weighted by Gasteiger charge is 2.01. The Kier molecular flexibility index (Phi) is 4.78. The van der Waals surface area contributed by atoms with Crippen LogP contribution in [0.25, 0.3) is 0 Å². The van der Waals surface area contributed by atoms with Crippen molar-refractivity contribution in [3.63, 3.8) is 0 Å². The molecule has 0 atom stereocenters. The topological polar surface area (TPSA) is 59.0 Å². The van der Waals surface area contributed by atoms with Crippen molar-refractivity contribution < 1.29 is 4.74 Å². The van der Waals surface area contributed by atoms with Crippen LogP contribution in [0.15, 0.2) is 48.5 Å². The molecular formula is C17H14N2O. The van der Waals surface area contributed by atoms with E-state index in [1.807, 2.05) is 36.4 Å². The fraction of sp³-hybridized carbons (Fsp3) is 0.118. The molecule has 0 aliphatic carbocycles. The quantitative estimate of drug-likeness (QED) is 0.864. The fourth-order valence-electron chi connectivity index (χ4n) is 1.68. The van der Waals surface area contributed by atoms with E-state index < -0.39 is 0 Å². The summed E-state index contributed by atoms with van der Waals surface area (Å²) in [6.07, 6.45) is 0. The van der Waals surface area contributed by atoms with Gasteiger partial charge >= 0.3 is 0 Å². The molecule has 98 valence electrons. The Morgan fingerprint density at radius 3 is 2.50 bits per heavy atom. The number of benzene rings is 2. The van der Waals surface area contributed by atoms with Crippen molar-refractivity contribution in [2.24, 2.45) is 5.73 Å². The minimum Gasteiger partial charge on any atom is -0.488 e. The van der Waals surface area contributed by atoms with E-state index in [4.69, 9.17) is 15.7 Å². The Bertz CT molecular complexity index is 673. The summed E-state index contributed by atoms with van der Waals surface area (Å²) in [4.78, 5) is 0. The number of nitrogens with zero attached hydrogens (tertiary/aromatic N) is 1. The Hall–Kier alpha value is -2.75. The maximum absolute atomic E-state index is 8.75. The molecular weight excluding hydrogens is 248 g/mol. The van der Waals surface area contributed by atoms with Crippen LogP contribution in [-0.2, 0) is 6.61 Å². The molecule has 0 bridgehead atoms. The first-order valence-corrected chi connectivity index (χ1v) is 6.23. The molecule has 2 rings (SSSR count). The van der Waals surface area contributed by atoms with E-state index in [-0.39, 0.29) is 0 Å². The molecule has 3 heteroatoms. The molecule has 0 saturated heterocycles. The first-order valence-electron chi connectivity index (χ1n) is 6.23. The van der Waals surface area contributed by atoms with Gasteiger partial charge in [-0.3, -0.25) is 0 Å². The lowest BCUT2D eigenvalue weighted by Gasteiger charge is -2.08. The zero-order valence-corrected chi connectivity index (χ0v) is 11.0. The van der Waals surface area contributed by atoms with Gasteiger partial charge in [-0.1, -0.05) is 36.1 Å². The second-order valence-corrected chi connectivity index (χ2v) is 4.10. The van der Waals surface area contributed by atoms with Gasteiger partial charge in [-0.2, -0.15) is 5.26 Å². The van der Waals surface area contributed by atoms with E-state index in [1.54, 1.807) is 12.1 Å². The van der Waals surface area contributed by atoms with E-state index >= 15 is 0 Å². The third-order valence-corrected chi connectivity index (χ3v) is 2.69. The zero-order chi connectivity index (χ0) is 14.2. The van der Waals surface area contributed by atoms with Crippen molar-refractivity contribution in [1.29, 1.82) is 5.26 Å². The lowest BCUT2D eigenvalue weighted by Crippen LogP contribution is -1.98. The highest BCUT2D eigenvalue weighted by molar-refractivity contribution is 5.46. The maximum Gasteiger partial charge on any atom is 0.135 e. The van der Waals surface area contributed by atoms with Crippen molar-refractivity contribution in [3.8, 4) is 23.7 Å². The van der Waals surface area contributed by atoms with Crippen LogP contribution in [0, 0.1) is 23.2 Å². The number of ether oxygens (including phenoxy) is 1. The van der Waals surface area contributed by atoms with E-state index in [2.05, 4.69) is 17.9 Å². The molecule has 0 saturated carbocycles. The summed E-state index contributed by atoms with van der Waals surface area (Å²) < 4.78 is 5.77. The largest absolute Gasteiger partial charge is 0.488 e. The summed E-state index contributed by atoms with van der Waals surface area (Å²) in [5.41, 5.74) is 7.85. The van der Waals surface area contributed by atoms with Gasteiger partial charge in [-0.05, 0) is 29.8 Å². The maximum atomic E-state index is 8.75. The molecule has 0 fully saturated rings. The molecule has 0 radical (unpaired) electrons. The summed E-state index contributed by atoms with van der Waals surface area (Å²) >= 11 is 0. The molecule has 3 nitrogen and oxygen atoms in total. The first kappa shape index (κ1) is 13.7. The van der Waals surface area contributed by atoms with Crippen LogP contribution in [0.3, 0.4) is 0 Å². The van der Waals surface area contributed by atoms with Crippen LogP contribution in [0.1, 0.15) is 16.7 Å². The van der Waals surface area contributed by atoms with Gasteiger partial charge in [0.05, 0.1) is 23.7 Å². The van der Waals surface area contributed by atoms with Crippen LogP contribution in [0.4, 0.5) is 0 Å². The third kappa shape index (κ3) is 3.62. The lowest BCUT2D eigenvalue weighted by molar-refractivity contribution is 0.305. The molecule has 0 aliphatic rings. The van der Waals surface area contributed by atoms with E-state index in [1.165, 1.54) is 0 Å². The molecule has 0 aromatic heterocycles. The highest BCUT2D eigenvalue weighted by atomic mass is 16.5. The van der Waals surface area contributed by atoms with Crippen molar-refractivity contribution >= 4 is 0 Å². The molecule has 0 spiro atoms. The SMILES string of the molecule is N#Cc1ccc(COc2ccccc2C#CCN)cc1. The molecule has 2 N–H and O–H groups in total. The van der Waals surface area contributed by atoms with Gasteiger partial charge in [0.1, 0.15) is 12.4 Å². The van der Waals surface area contributed by atoms with E-state index in [0.29, 0.717) is 18.7 Å². The summed E-state index contributed by atoms with van der Waals surface area (Å²) in [5, 5.41) is 8.75. The van der Waals surface area contributed by atoms with Crippen molar-refractivity contribution in [3.05, 3.63) is 65.2 Å². The van der Waals surface area contributed by atoms with Gasteiger partial charge in [0.15, 0.2) is 0 Å². The average Bonchev–Trinajstić information content (AvgIpc) is 2.52. The summed E-state index contributed by atoms with van der Waals surface area (Å²) in [6, 6.07) is 17.0. The van der Waals surface area contributed by atoms with Crippen molar-refractivity contribution in [2.45, 2.75) is 6.61 Å². The summed E-state index contributed by atoms with van der Waals surface area (Å²) in [6.45, 7) is 0.761. The number of nitrogens with two attached hydrogens (primary N) is 1. The second kappa shape index (κ2) is 6.99. The van der Waals surface area contributed by atoms with Gasteiger partial charge < -0.3 is 10.5 Å². The smallest absolute Gasteiger partial charge is 0.135 e. The molecule has 2 aromatic rings. The van der Waals surface area contributed by atoms with Crippen molar-refractivity contribution in [2.75, 3.05) is 6.54 Å². The van der Waals surface area contributed by atoms with Crippen LogP contribution < -0.4 is 10.5 Å². The Morgan fingerprint density at radius 1 is 1.05 bits per heavy atom. The minimum atomic E-state index is 0.323. The van der Waals surface area contributed by atoms with Gasteiger partial charge in [0.2, 0.25) is 0 Å². The zero-order valence-electron chi connectivity index (χ0n) is 11.0. The van der Waals surface area contributed by atoms with E-state index in [0.717, 1.165) is 16.9 Å². The average molecular weight is 262 g/mol. The minimum absolute atomic E-state index is 0.323. The predicted molar refractivity (Wildman–Crippen MR) is 77.9 cm³/mol. The van der Waals surface area contributed by atoms with Gasteiger partial charge in [0, 0.05) is 0 Å². The molecule has 0 heterocycles. The first-order chi connectivity index (χ1) is 9.83. The van der Waals surface area contributed by atoms with Gasteiger partial charge in [-0.25, -0.2) is 0 Å². The fourth-order valence-corrected chi connectivity index (χ4v) is 1.68. The van der Waals surface area contributed by atoms with Gasteiger partial charge in [-0.15, -0.1) is 0 Å². The normalized spacial score (nSPS) is 9.20. The second-order valence-electron chi connectivity index (χ2n) is 4.10. The Balaban J connectivity index is 2.08. The standard InChI is InChI=1S/C17H14N2O/c18-11-3-5-16-4-1-2-6-17(16)20-13-15-9-7-14(12-19)8-10-15/h1-2,4,6-10H,11,13,18H2.